The average molecular weight is 282 g/mol. The zero-order valence-electron chi connectivity index (χ0n) is 11.3. The Bertz CT molecular complexity index is 480. The molecule has 0 heterocycles. The second kappa shape index (κ2) is 9.05. The van der Waals surface area contributed by atoms with E-state index in [1.807, 2.05) is 42.5 Å². The van der Waals surface area contributed by atoms with Crippen LogP contribution in [0.2, 0.25) is 0 Å². The largest absolute Gasteiger partial charge is 0.500 e. The van der Waals surface area contributed by atoms with Crippen LogP contribution in [0.4, 0.5) is 0 Å². The first-order chi connectivity index (χ1) is 9.95. The summed E-state index contributed by atoms with van der Waals surface area (Å²) in [5, 5.41) is 2.11. The van der Waals surface area contributed by atoms with Gasteiger partial charge in [0.1, 0.15) is 0 Å². The van der Waals surface area contributed by atoms with Crippen LogP contribution in [0.25, 0.3) is 12.2 Å². The standard InChI is InChI=1S/C18H18OS/c1-3-7-17(8-4-1)11-13-19-14-16-20-15-12-18-9-5-2-6-10-18/h1-13,15H,14,16H2. The van der Waals surface area contributed by atoms with Crippen molar-refractivity contribution in [2.45, 2.75) is 0 Å². The third kappa shape index (κ3) is 5.81. The maximum Gasteiger partial charge on any atom is 0.0966 e. The van der Waals surface area contributed by atoms with Crippen LogP contribution in [-0.2, 0) is 4.74 Å². The fraction of sp³-hybridized carbons (Fsp3) is 0.111. The normalized spacial score (nSPS) is 11.2. The van der Waals surface area contributed by atoms with E-state index in [1.54, 1.807) is 18.0 Å². The molecule has 0 aliphatic carbocycles. The molecule has 0 aromatic heterocycles. The molecule has 0 spiro atoms. The lowest BCUT2D eigenvalue weighted by atomic mass is 10.2. The molecule has 0 radical (unpaired) electrons. The molecule has 0 fully saturated rings. The predicted molar refractivity (Wildman–Crippen MR) is 89.4 cm³/mol. The average Bonchev–Trinajstić information content (AvgIpc) is 2.52. The quantitative estimate of drug-likeness (QED) is 0.517. The van der Waals surface area contributed by atoms with Crippen molar-refractivity contribution >= 4 is 23.9 Å². The van der Waals surface area contributed by atoms with Crippen molar-refractivity contribution in [1.82, 2.24) is 0 Å². The highest BCUT2D eigenvalue weighted by Gasteiger charge is 1.86. The molecule has 0 saturated carbocycles. The van der Waals surface area contributed by atoms with Gasteiger partial charge in [-0.2, -0.15) is 0 Å². The summed E-state index contributed by atoms with van der Waals surface area (Å²) >= 11 is 1.75. The SMILES string of the molecule is C(=Cc1ccccc1)OCCSC=Cc1ccccc1. The van der Waals surface area contributed by atoms with E-state index in [9.17, 15) is 0 Å². The van der Waals surface area contributed by atoms with Crippen LogP contribution >= 0.6 is 11.8 Å². The van der Waals surface area contributed by atoms with Crippen LogP contribution in [0.3, 0.4) is 0 Å². The number of thioether (sulfide) groups is 1. The second-order valence-electron chi connectivity index (χ2n) is 4.17. The van der Waals surface area contributed by atoms with Crippen LogP contribution in [0.15, 0.2) is 72.3 Å². The monoisotopic (exact) mass is 282 g/mol. The van der Waals surface area contributed by atoms with Gasteiger partial charge in [-0.3, -0.25) is 0 Å². The predicted octanol–water partition coefficient (Wildman–Crippen LogP) is 5.08. The second-order valence-corrected chi connectivity index (χ2v) is 5.18. The van der Waals surface area contributed by atoms with E-state index in [-0.39, 0.29) is 0 Å². The van der Waals surface area contributed by atoms with Crippen molar-refractivity contribution < 1.29 is 4.74 Å². The third-order valence-corrected chi connectivity index (χ3v) is 3.36. The smallest absolute Gasteiger partial charge is 0.0966 e. The summed E-state index contributed by atoms with van der Waals surface area (Å²) < 4.78 is 5.45. The highest BCUT2D eigenvalue weighted by molar-refractivity contribution is 8.02. The summed E-state index contributed by atoms with van der Waals surface area (Å²) in [5.74, 6) is 0.947. The summed E-state index contributed by atoms with van der Waals surface area (Å²) in [6.45, 7) is 0.715. The molecule has 0 saturated heterocycles. The molecule has 2 aromatic rings. The van der Waals surface area contributed by atoms with Crippen LogP contribution in [0.1, 0.15) is 11.1 Å². The maximum atomic E-state index is 5.45. The van der Waals surface area contributed by atoms with Crippen molar-refractivity contribution in [2.75, 3.05) is 12.4 Å². The van der Waals surface area contributed by atoms with E-state index in [2.05, 4.69) is 35.7 Å². The molecule has 102 valence electrons. The molecular weight excluding hydrogens is 264 g/mol. The Morgan fingerprint density at radius 3 is 2.05 bits per heavy atom. The third-order valence-electron chi connectivity index (χ3n) is 2.63. The van der Waals surface area contributed by atoms with E-state index in [0.717, 1.165) is 11.3 Å². The summed E-state index contributed by atoms with van der Waals surface area (Å²) in [5.41, 5.74) is 2.38. The van der Waals surface area contributed by atoms with Gasteiger partial charge in [-0.05, 0) is 28.7 Å². The molecule has 2 heteroatoms. The Morgan fingerprint density at radius 1 is 0.800 bits per heavy atom. The Kier molecular flexibility index (Phi) is 6.55. The number of hydrogen-bond acceptors (Lipinski definition) is 2. The zero-order valence-corrected chi connectivity index (χ0v) is 12.1. The van der Waals surface area contributed by atoms with Crippen LogP contribution < -0.4 is 0 Å². The van der Waals surface area contributed by atoms with Crippen LogP contribution in [0, 0.1) is 0 Å². The fourth-order valence-electron chi connectivity index (χ4n) is 1.61. The molecule has 0 aliphatic heterocycles. The van der Waals surface area contributed by atoms with Crippen molar-refractivity contribution in [3.05, 3.63) is 83.5 Å². The lowest BCUT2D eigenvalue weighted by molar-refractivity contribution is 0.275. The zero-order chi connectivity index (χ0) is 13.9. The molecule has 2 aromatic carbocycles. The van der Waals surface area contributed by atoms with E-state index >= 15 is 0 Å². The maximum absolute atomic E-state index is 5.45. The summed E-state index contributed by atoms with van der Waals surface area (Å²) in [4.78, 5) is 0. The number of hydrogen-bond donors (Lipinski definition) is 0. The minimum atomic E-state index is 0.715. The molecular formula is C18H18OS. The number of ether oxygens (including phenoxy) is 1. The van der Waals surface area contributed by atoms with E-state index in [0.29, 0.717) is 6.61 Å². The van der Waals surface area contributed by atoms with Gasteiger partial charge in [-0.1, -0.05) is 60.7 Å². The first-order valence-corrected chi connectivity index (χ1v) is 7.66. The van der Waals surface area contributed by atoms with Crippen molar-refractivity contribution in [1.29, 1.82) is 0 Å². The minimum Gasteiger partial charge on any atom is -0.500 e. The summed E-state index contributed by atoms with van der Waals surface area (Å²) in [6.07, 6.45) is 5.85. The molecule has 0 bridgehead atoms. The van der Waals surface area contributed by atoms with Crippen molar-refractivity contribution in [3.8, 4) is 0 Å². The Morgan fingerprint density at radius 2 is 1.40 bits per heavy atom. The Balaban J connectivity index is 1.58. The van der Waals surface area contributed by atoms with Gasteiger partial charge in [-0.15, -0.1) is 11.8 Å². The van der Waals surface area contributed by atoms with Gasteiger partial charge in [0, 0.05) is 5.75 Å². The summed E-state index contributed by atoms with van der Waals surface area (Å²) in [7, 11) is 0. The van der Waals surface area contributed by atoms with E-state index < -0.39 is 0 Å². The molecule has 0 amide bonds. The number of benzene rings is 2. The summed E-state index contributed by atoms with van der Waals surface area (Å²) in [6, 6.07) is 20.4. The van der Waals surface area contributed by atoms with Gasteiger partial charge in [0.15, 0.2) is 0 Å². The van der Waals surface area contributed by atoms with Crippen LogP contribution in [0.5, 0.6) is 0 Å². The van der Waals surface area contributed by atoms with Crippen LogP contribution in [-0.4, -0.2) is 12.4 Å². The highest BCUT2D eigenvalue weighted by Crippen LogP contribution is 2.08. The topological polar surface area (TPSA) is 9.23 Å². The molecule has 20 heavy (non-hydrogen) atoms. The van der Waals surface area contributed by atoms with E-state index in [1.165, 1.54) is 5.56 Å². The lowest BCUT2D eigenvalue weighted by Crippen LogP contribution is -1.89. The van der Waals surface area contributed by atoms with Crippen molar-refractivity contribution in [3.63, 3.8) is 0 Å². The fourth-order valence-corrected chi connectivity index (χ4v) is 2.20. The Hall–Kier alpha value is -1.93. The molecule has 2 rings (SSSR count). The molecule has 0 aliphatic rings. The first kappa shape index (κ1) is 14.5. The molecule has 0 atom stereocenters. The first-order valence-electron chi connectivity index (χ1n) is 6.61. The number of rotatable bonds is 7. The molecule has 0 unspecified atom stereocenters. The molecule has 1 nitrogen and oxygen atoms in total. The van der Waals surface area contributed by atoms with Gasteiger partial charge in [0.05, 0.1) is 12.9 Å². The lowest BCUT2D eigenvalue weighted by Gasteiger charge is -1.98. The van der Waals surface area contributed by atoms with Gasteiger partial charge in [0.25, 0.3) is 0 Å². The molecule has 0 N–H and O–H groups in total. The minimum absolute atomic E-state index is 0.715. The Labute approximate surface area is 125 Å². The van der Waals surface area contributed by atoms with Gasteiger partial charge < -0.3 is 4.74 Å². The highest BCUT2D eigenvalue weighted by atomic mass is 32.2. The van der Waals surface area contributed by atoms with Gasteiger partial charge >= 0.3 is 0 Å². The van der Waals surface area contributed by atoms with E-state index in [4.69, 9.17) is 4.74 Å². The van der Waals surface area contributed by atoms with Gasteiger partial charge in [0.2, 0.25) is 0 Å². The van der Waals surface area contributed by atoms with Crippen molar-refractivity contribution in [2.24, 2.45) is 0 Å². The van der Waals surface area contributed by atoms with Gasteiger partial charge in [-0.25, -0.2) is 0 Å².